The first-order chi connectivity index (χ1) is 12.4. The molecule has 1 aliphatic carbocycles. The number of carboxylic acid groups (broad SMARTS) is 1. The SMILES string of the molecule is CCC1CCC(NC(=O)c2ccc3c(c2)CCN3C(C)=O)(C(=O)O)CC1. The molecule has 0 radical (unpaired) electrons. The summed E-state index contributed by atoms with van der Waals surface area (Å²) >= 11 is 0. The molecular formula is C20H26N2O4. The van der Waals surface area contributed by atoms with Crippen molar-refractivity contribution in [1.82, 2.24) is 5.32 Å². The summed E-state index contributed by atoms with van der Waals surface area (Å²) in [4.78, 5) is 38.0. The monoisotopic (exact) mass is 358 g/mol. The fraction of sp³-hybridized carbons (Fsp3) is 0.550. The minimum absolute atomic E-state index is 0.0153. The number of carbonyl (C=O) groups is 3. The zero-order valence-corrected chi connectivity index (χ0v) is 15.4. The summed E-state index contributed by atoms with van der Waals surface area (Å²) < 4.78 is 0. The molecule has 140 valence electrons. The lowest BCUT2D eigenvalue weighted by Crippen LogP contribution is -2.56. The zero-order valence-electron chi connectivity index (χ0n) is 15.4. The first kappa shape index (κ1) is 18.4. The molecule has 2 amide bonds. The van der Waals surface area contributed by atoms with Gasteiger partial charge in [0.1, 0.15) is 5.54 Å². The van der Waals surface area contributed by atoms with Crippen molar-refractivity contribution in [2.45, 2.75) is 57.9 Å². The van der Waals surface area contributed by atoms with Crippen LogP contribution in [0.15, 0.2) is 18.2 Å². The molecular weight excluding hydrogens is 332 g/mol. The second-order valence-corrected chi connectivity index (χ2v) is 7.46. The summed E-state index contributed by atoms with van der Waals surface area (Å²) in [5, 5.41) is 12.5. The van der Waals surface area contributed by atoms with Gasteiger partial charge in [0, 0.05) is 24.7 Å². The first-order valence-electron chi connectivity index (χ1n) is 9.33. The Balaban J connectivity index is 1.77. The van der Waals surface area contributed by atoms with Crippen LogP contribution in [0.2, 0.25) is 0 Å². The van der Waals surface area contributed by atoms with Crippen molar-refractivity contribution in [3.63, 3.8) is 0 Å². The van der Waals surface area contributed by atoms with Gasteiger partial charge in [0.25, 0.3) is 5.91 Å². The molecule has 1 fully saturated rings. The normalized spacial score (nSPS) is 24.8. The van der Waals surface area contributed by atoms with Gasteiger partial charge in [-0.15, -0.1) is 0 Å². The fourth-order valence-electron chi connectivity index (χ4n) is 4.13. The number of benzene rings is 1. The van der Waals surface area contributed by atoms with E-state index in [9.17, 15) is 19.5 Å². The molecule has 3 rings (SSSR count). The van der Waals surface area contributed by atoms with E-state index in [0.717, 1.165) is 30.5 Å². The van der Waals surface area contributed by atoms with Crippen LogP contribution < -0.4 is 10.2 Å². The number of fused-ring (bicyclic) bond motifs is 1. The van der Waals surface area contributed by atoms with Gasteiger partial charge < -0.3 is 15.3 Å². The number of carbonyl (C=O) groups excluding carboxylic acids is 2. The fourth-order valence-corrected chi connectivity index (χ4v) is 4.13. The third kappa shape index (κ3) is 3.32. The Morgan fingerprint density at radius 1 is 1.27 bits per heavy atom. The van der Waals surface area contributed by atoms with Crippen LogP contribution in [-0.4, -0.2) is 35.0 Å². The molecule has 0 saturated heterocycles. The van der Waals surface area contributed by atoms with Crippen molar-refractivity contribution in [3.8, 4) is 0 Å². The molecule has 0 spiro atoms. The number of hydrogen-bond acceptors (Lipinski definition) is 3. The second kappa shape index (κ2) is 7.09. The van der Waals surface area contributed by atoms with Crippen LogP contribution in [0.3, 0.4) is 0 Å². The maximum absolute atomic E-state index is 12.7. The van der Waals surface area contributed by atoms with Gasteiger partial charge >= 0.3 is 5.97 Å². The van der Waals surface area contributed by atoms with Crippen molar-refractivity contribution < 1.29 is 19.5 Å². The van der Waals surface area contributed by atoms with Gasteiger partial charge in [-0.25, -0.2) is 4.79 Å². The standard InChI is InChI=1S/C20H26N2O4/c1-3-14-6-9-20(10-7-14,19(25)26)21-18(24)16-4-5-17-15(12-16)8-11-22(17)13(2)23/h4-5,12,14H,3,6-11H2,1-2H3,(H,21,24)(H,25,26). The van der Waals surface area contributed by atoms with Crippen LogP contribution in [0.1, 0.15) is 61.9 Å². The smallest absolute Gasteiger partial charge is 0.329 e. The van der Waals surface area contributed by atoms with Crippen molar-refractivity contribution in [3.05, 3.63) is 29.3 Å². The summed E-state index contributed by atoms with van der Waals surface area (Å²) in [5.41, 5.74) is 1.07. The Morgan fingerprint density at radius 3 is 2.54 bits per heavy atom. The van der Waals surface area contributed by atoms with Crippen LogP contribution in [0.4, 0.5) is 5.69 Å². The molecule has 1 saturated carbocycles. The average Bonchev–Trinajstić information content (AvgIpc) is 3.05. The third-order valence-electron chi connectivity index (χ3n) is 5.92. The van der Waals surface area contributed by atoms with Crippen molar-refractivity contribution in [2.24, 2.45) is 5.92 Å². The lowest BCUT2D eigenvalue weighted by Gasteiger charge is -2.37. The molecule has 0 atom stereocenters. The summed E-state index contributed by atoms with van der Waals surface area (Å²) in [5.74, 6) is -0.786. The molecule has 0 bridgehead atoms. The molecule has 2 N–H and O–H groups in total. The van der Waals surface area contributed by atoms with E-state index >= 15 is 0 Å². The molecule has 2 aliphatic rings. The van der Waals surface area contributed by atoms with E-state index in [1.165, 1.54) is 6.92 Å². The molecule has 6 heteroatoms. The largest absolute Gasteiger partial charge is 0.480 e. The summed E-state index contributed by atoms with van der Waals surface area (Å²) in [7, 11) is 0. The summed E-state index contributed by atoms with van der Waals surface area (Å²) in [6.07, 6.45) is 4.33. The Hall–Kier alpha value is -2.37. The van der Waals surface area contributed by atoms with E-state index in [4.69, 9.17) is 0 Å². The highest BCUT2D eigenvalue weighted by molar-refractivity contribution is 6.00. The van der Waals surface area contributed by atoms with E-state index in [2.05, 4.69) is 12.2 Å². The number of carboxylic acids is 1. The average molecular weight is 358 g/mol. The molecule has 0 unspecified atom stereocenters. The number of nitrogens with zero attached hydrogens (tertiary/aromatic N) is 1. The van der Waals surface area contributed by atoms with Gasteiger partial charge in [-0.1, -0.05) is 13.3 Å². The van der Waals surface area contributed by atoms with Crippen LogP contribution in [-0.2, 0) is 16.0 Å². The maximum Gasteiger partial charge on any atom is 0.329 e. The molecule has 1 aromatic rings. The highest BCUT2D eigenvalue weighted by atomic mass is 16.4. The van der Waals surface area contributed by atoms with Gasteiger partial charge in [0.2, 0.25) is 5.91 Å². The number of rotatable bonds is 4. The predicted molar refractivity (Wildman–Crippen MR) is 98.3 cm³/mol. The molecule has 6 nitrogen and oxygen atoms in total. The quantitative estimate of drug-likeness (QED) is 0.866. The van der Waals surface area contributed by atoms with E-state index < -0.39 is 11.5 Å². The molecule has 26 heavy (non-hydrogen) atoms. The van der Waals surface area contributed by atoms with E-state index in [0.29, 0.717) is 37.3 Å². The summed E-state index contributed by atoms with van der Waals surface area (Å²) in [6, 6.07) is 5.23. The lowest BCUT2D eigenvalue weighted by molar-refractivity contribution is -0.146. The Morgan fingerprint density at radius 2 is 1.96 bits per heavy atom. The Labute approximate surface area is 153 Å². The molecule has 0 aromatic heterocycles. The molecule has 1 aromatic carbocycles. The Kier molecular flexibility index (Phi) is 5.03. The number of aliphatic carboxylic acids is 1. The number of hydrogen-bond donors (Lipinski definition) is 2. The zero-order chi connectivity index (χ0) is 18.9. The van der Waals surface area contributed by atoms with Crippen LogP contribution in [0.5, 0.6) is 0 Å². The van der Waals surface area contributed by atoms with Crippen LogP contribution in [0, 0.1) is 5.92 Å². The highest BCUT2D eigenvalue weighted by Gasteiger charge is 2.43. The highest BCUT2D eigenvalue weighted by Crippen LogP contribution is 2.35. The van der Waals surface area contributed by atoms with Gasteiger partial charge in [0.15, 0.2) is 0 Å². The van der Waals surface area contributed by atoms with Gasteiger partial charge in [-0.05, 0) is 61.8 Å². The summed E-state index contributed by atoms with van der Waals surface area (Å²) in [6.45, 7) is 4.26. The third-order valence-corrected chi connectivity index (χ3v) is 5.92. The number of nitrogens with one attached hydrogen (secondary N) is 1. The minimum Gasteiger partial charge on any atom is -0.480 e. The second-order valence-electron chi connectivity index (χ2n) is 7.46. The van der Waals surface area contributed by atoms with E-state index in [1.54, 1.807) is 23.1 Å². The van der Waals surface area contributed by atoms with E-state index in [1.807, 2.05) is 0 Å². The predicted octanol–water partition coefficient (Wildman–Crippen LogP) is 2.75. The van der Waals surface area contributed by atoms with Gasteiger partial charge in [0.05, 0.1) is 0 Å². The van der Waals surface area contributed by atoms with E-state index in [-0.39, 0.29) is 11.8 Å². The Bertz CT molecular complexity index is 735. The number of amides is 2. The van der Waals surface area contributed by atoms with Crippen molar-refractivity contribution in [1.29, 1.82) is 0 Å². The minimum atomic E-state index is -1.17. The maximum atomic E-state index is 12.7. The molecule has 1 heterocycles. The van der Waals surface area contributed by atoms with Gasteiger partial charge in [-0.2, -0.15) is 0 Å². The van der Waals surface area contributed by atoms with Crippen molar-refractivity contribution in [2.75, 3.05) is 11.4 Å². The van der Waals surface area contributed by atoms with Crippen LogP contribution >= 0.6 is 0 Å². The topological polar surface area (TPSA) is 86.7 Å². The van der Waals surface area contributed by atoms with Crippen LogP contribution in [0.25, 0.3) is 0 Å². The van der Waals surface area contributed by atoms with Crippen molar-refractivity contribution >= 4 is 23.5 Å². The molecule has 1 aliphatic heterocycles. The van der Waals surface area contributed by atoms with Gasteiger partial charge in [-0.3, -0.25) is 9.59 Å². The number of anilines is 1. The lowest BCUT2D eigenvalue weighted by atomic mass is 9.75. The first-order valence-corrected chi connectivity index (χ1v) is 9.33.